The van der Waals surface area contributed by atoms with E-state index in [4.69, 9.17) is 14.6 Å². The van der Waals surface area contributed by atoms with Crippen LogP contribution in [0.5, 0.6) is 11.5 Å². The first kappa shape index (κ1) is 20.6. The molecule has 0 aromatic heterocycles. The molecular formula is C20H24N2O7. The van der Waals surface area contributed by atoms with Gasteiger partial charge in [-0.05, 0) is 19.1 Å². The molecule has 1 unspecified atom stereocenters. The molecule has 1 aromatic rings. The standard InChI is InChI=1S/C20H24N2O7/c1-12(19(26)27)21-18(25)11-28-14-3-4-15-16(24)10-20(29-17(15)9-14)5-7-22(8-6-20)13(2)23/h3-4,9,12H,5-8,10-11H2,1-2H3,(H,21,25)(H,26,27). The zero-order valence-electron chi connectivity index (χ0n) is 16.4. The van der Waals surface area contributed by atoms with Gasteiger partial charge in [-0.1, -0.05) is 0 Å². The summed E-state index contributed by atoms with van der Waals surface area (Å²) < 4.78 is 11.6. The lowest BCUT2D eigenvalue weighted by atomic mass is 9.82. The van der Waals surface area contributed by atoms with Crippen molar-refractivity contribution in [3.05, 3.63) is 23.8 Å². The lowest BCUT2D eigenvalue weighted by molar-refractivity contribution is -0.141. The summed E-state index contributed by atoms with van der Waals surface area (Å²) in [7, 11) is 0. The van der Waals surface area contributed by atoms with Gasteiger partial charge in [0, 0.05) is 38.9 Å². The predicted molar refractivity (Wildman–Crippen MR) is 101 cm³/mol. The van der Waals surface area contributed by atoms with E-state index >= 15 is 0 Å². The second-order valence-corrected chi connectivity index (χ2v) is 7.47. The van der Waals surface area contributed by atoms with Crippen molar-refractivity contribution in [2.24, 2.45) is 0 Å². The fourth-order valence-corrected chi connectivity index (χ4v) is 3.57. The number of benzene rings is 1. The molecule has 156 valence electrons. The average molecular weight is 404 g/mol. The van der Waals surface area contributed by atoms with E-state index in [2.05, 4.69) is 5.32 Å². The van der Waals surface area contributed by atoms with Crippen molar-refractivity contribution in [1.29, 1.82) is 0 Å². The van der Waals surface area contributed by atoms with E-state index in [9.17, 15) is 19.2 Å². The maximum absolute atomic E-state index is 12.6. The number of carbonyl (C=O) groups excluding carboxylic acids is 3. The minimum atomic E-state index is -1.14. The van der Waals surface area contributed by atoms with E-state index in [-0.39, 0.29) is 24.7 Å². The number of nitrogens with one attached hydrogen (secondary N) is 1. The number of hydrogen-bond acceptors (Lipinski definition) is 6. The summed E-state index contributed by atoms with van der Waals surface area (Å²) in [6.45, 7) is 3.60. The summed E-state index contributed by atoms with van der Waals surface area (Å²) in [5, 5.41) is 11.1. The number of nitrogens with zero attached hydrogens (tertiary/aromatic N) is 1. The lowest BCUT2D eigenvalue weighted by Crippen LogP contribution is -2.51. The molecule has 0 aliphatic carbocycles. The van der Waals surface area contributed by atoms with Crippen molar-refractivity contribution in [3.63, 3.8) is 0 Å². The Balaban J connectivity index is 1.66. The first-order valence-electron chi connectivity index (χ1n) is 9.46. The smallest absolute Gasteiger partial charge is 0.325 e. The molecule has 9 heteroatoms. The molecule has 2 amide bonds. The number of ether oxygens (including phenoxy) is 2. The van der Waals surface area contributed by atoms with Gasteiger partial charge in [0.2, 0.25) is 5.91 Å². The summed E-state index contributed by atoms with van der Waals surface area (Å²) in [4.78, 5) is 48.5. The normalized spacial score (nSPS) is 18.4. The zero-order chi connectivity index (χ0) is 21.2. The van der Waals surface area contributed by atoms with Crippen LogP contribution in [0.15, 0.2) is 18.2 Å². The third-order valence-electron chi connectivity index (χ3n) is 5.30. The Morgan fingerprint density at radius 1 is 1.31 bits per heavy atom. The number of carbonyl (C=O) groups is 4. The SMILES string of the molecule is CC(=O)N1CCC2(CC1)CC(=O)c1ccc(OCC(=O)NC(C)C(=O)O)cc1O2. The number of aliphatic carboxylic acids is 1. The highest BCUT2D eigenvalue weighted by Gasteiger charge is 2.43. The molecule has 1 spiro atoms. The van der Waals surface area contributed by atoms with E-state index in [0.29, 0.717) is 43.0 Å². The van der Waals surface area contributed by atoms with E-state index in [1.54, 1.807) is 23.1 Å². The molecule has 0 bridgehead atoms. The van der Waals surface area contributed by atoms with Crippen LogP contribution in [0.2, 0.25) is 0 Å². The molecular weight excluding hydrogens is 380 g/mol. The highest BCUT2D eigenvalue weighted by molar-refractivity contribution is 6.00. The minimum absolute atomic E-state index is 0.00793. The number of likely N-dealkylation sites (tertiary alicyclic amines) is 1. The number of carboxylic acid groups (broad SMARTS) is 1. The first-order valence-corrected chi connectivity index (χ1v) is 9.46. The number of ketones is 1. The van der Waals surface area contributed by atoms with Crippen LogP contribution < -0.4 is 14.8 Å². The molecule has 29 heavy (non-hydrogen) atoms. The molecule has 1 saturated heterocycles. The fourth-order valence-electron chi connectivity index (χ4n) is 3.57. The van der Waals surface area contributed by atoms with Crippen LogP contribution in [0.3, 0.4) is 0 Å². The van der Waals surface area contributed by atoms with Gasteiger partial charge in [0.1, 0.15) is 23.1 Å². The molecule has 1 atom stereocenters. The number of piperidine rings is 1. The third kappa shape index (κ3) is 4.67. The Kier molecular flexibility index (Phi) is 5.76. The van der Waals surface area contributed by atoms with Crippen LogP contribution in [0.1, 0.15) is 43.5 Å². The summed E-state index contributed by atoms with van der Waals surface area (Å²) in [5.41, 5.74) is -0.177. The van der Waals surface area contributed by atoms with Crippen molar-refractivity contribution in [1.82, 2.24) is 10.2 Å². The highest BCUT2D eigenvalue weighted by atomic mass is 16.5. The largest absolute Gasteiger partial charge is 0.486 e. The molecule has 1 fully saturated rings. The molecule has 2 aliphatic heterocycles. The summed E-state index contributed by atoms with van der Waals surface area (Å²) in [6.07, 6.45) is 1.40. The minimum Gasteiger partial charge on any atom is -0.486 e. The Hall–Kier alpha value is -3.10. The molecule has 2 N–H and O–H groups in total. The molecule has 2 aliphatic rings. The van der Waals surface area contributed by atoms with E-state index in [0.717, 1.165) is 0 Å². The molecule has 1 aromatic carbocycles. The van der Waals surface area contributed by atoms with Crippen molar-refractivity contribution in [2.45, 2.75) is 44.8 Å². The number of carboxylic acids is 1. The molecule has 2 heterocycles. The van der Waals surface area contributed by atoms with Crippen LogP contribution in [0.25, 0.3) is 0 Å². The number of fused-ring (bicyclic) bond motifs is 1. The van der Waals surface area contributed by atoms with Gasteiger partial charge >= 0.3 is 5.97 Å². The number of hydrogen-bond donors (Lipinski definition) is 2. The van der Waals surface area contributed by atoms with Gasteiger partial charge in [0.15, 0.2) is 12.4 Å². The molecule has 3 rings (SSSR count). The number of amides is 2. The van der Waals surface area contributed by atoms with Crippen molar-refractivity contribution < 1.29 is 33.8 Å². The Morgan fingerprint density at radius 2 is 2.00 bits per heavy atom. The maximum atomic E-state index is 12.6. The van der Waals surface area contributed by atoms with Crippen LogP contribution in [-0.4, -0.2) is 64.9 Å². The second kappa shape index (κ2) is 8.10. The topological polar surface area (TPSA) is 122 Å². The first-order chi connectivity index (χ1) is 13.7. The zero-order valence-corrected chi connectivity index (χ0v) is 16.4. The average Bonchev–Trinajstić information content (AvgIpc) is 2.66. The number of Topliss-reactive ketones (excluding diaryl/α,β-unsaturated/α-hetero) is 1. The third-order valence-corrected chi connectivity index (χ3v) is 5.30. The highest BCUT2D eigenvalue weighted by Crippen LogP contribution is 2.40. The van der Waals surface area contributed by atoms with Gasteiger partial charge in [-0.15, -0.1) is 0 Å². The van der Waals surface area contributed by atoms with Crippen molar-refractivity contribution in [2.75, 3.05) is 19.7 Å². The summed E-state index contributed by atoms with van der Waals surface area (Å²) >= 11 is 0. The summed E-state index contributed by atoms with van der Waals surface area (Å²) in [6, 6.07) is 3.72. The van der Waals surface area contributed by atoms with E-state index in [1.165, 1.54) is 13.8 Å². The lowest BCUT2D eigenvalue weighted by Gasteiger charge is -2.43. The Bertz CT molecular complexity index is 843. The van der Waals surface area contributed by atoms with Gasteiger partial charge in [-0.2, -0.15) is 0 Å². The maximum Gasteiger partial charge on any atom is 0.325 e. The van der Waals surface area contributed by atoms with Crippen LogP contribution >= 0.6 is 0 Å². The monoisotopic (exact) mass is 404 g/mol. The fraction of sp³-hybridized carbons (Fsp3) is 0.500. The van der Waals surface area contributed by atoms with E-state index < -0.39 is 23.5 Å². The summed E-state index contributed by atoms with van der Waals surface area (Å²) in [5.74, 6) is -0.985. The van der Waals surface area contributed by atoms with Gasteiger partial charge in [0.25, 0.3) is 5.91 Å². The molecule has 0 saturated carbocycles. The van der Waals surface area contributed by atoms with Crippen LogP contribution in [0, 0.1) is 0 Å². The Morgan fingerprint density at radius 3 is 2.62 bits per heavy atom. The van der Waals surface area contributed by atoms with Crippen molar-refractivity contribution in [3.8, 4) is 11.5 Å². The van der Waals surface area contributed by atoms with Crippen LogP contribution in [-0.2, 0) is 14.4 Å². The van der Waals surface area contributed by atoms with Gasteiger partial charge < -0.3 is 24.8 Å². The molecule has 0 radical (unpaired) electrons. The van der Waals surface area contributed by atoms with E-state index in [1.807, 2.05) is 0 Å². The van der Waals surface area contributed by atoms with Gasteiger partial charge in [-0.25, -0.2) is 0 Å². The quantitative estimate of drug-likeness (QED) is 0.751. The predicted octanol–water partition coefficient (Wildman–Crippen LogP) is 1.00. The second-order valence-electron chi connectivity index (χ2n) is 7.47. The van der Waals surface area contributed by atoms with Crippen LogP contribution in [0.4, 0.5) is 0 Å². The van der Waals surface area contributed by atoms with Gasteiger partial charge in [0.05, 0.1) is 12.0 Å². The Labute approximate surface area is 168 Å². The molecule has 9 nitrogen and oxygen atoms in total. The van der Waals surface area contributed by atoms with Gasteiger partial charge in [-0.3, -0.25) is 19.2 Å². The number of rotatable bonds is 5. The van der Waals surface area contributed by atoms with Crippen molar-refractivity contribution >= 4 is 23.6 Å².